The molecule has 0 saturated carbocycles. The Kier molecular flexibility index (Phi) is 5.94. The van der Waals surface area contributed by atoms with Gasteiger partial charge >= 0.3 is 12.1 Å². The maximum Gasteiger partial charge on any atom is 0.410 e. The fourth-order valence-electron chi connectivity index (χ4n) is 3.40. The number of fused-ring (bicyclic) bond motifs is 3. The Morgan fingerprint density at radius 2 is 1.79 bits per heavy atom. The van der Waals surface area contributed by atoms with Gasteiger partial charge in [-0.1, -0.05) is 42.5 Å². The molecular formula is C23H27NO5. The summed E-state index contributed by atoms with van der Waals surface area (Å²) in [5.74, 6) is -1.13. The van der Waals surface area contributed by atoms with E-state index in [-0.39, 0.29) is 13.2 Å². The van der Waals surface area contributed by atoms with Gasteiger partial charge in [-0.3, -0.25) is 4.90 Å². The van der Waals surface area contributed by atoms with Crippen molar-refractivity contribution in [2.24, 2.45) is 0 Å². The molecule has 0 heterocycles. The Labute approximate surface area is 171 Å². The smallest absolute Gasteiger partial charge is 0.410 e. The van der Waals surface area contributed by atoms with Gasteiger partial charge < -0.3 is 14.6 Å². The van der Waals surface area contributed by atoms with Crippen molar-refractivity contribution in [3.8, 4) is 11.1 Å². The van der Waals surface area contributed by atoms with Crippen molar-refractivity contribution in [1.29, 1.82) is 0 Å². The van der Waals surface area contributed by atoms with E-state index in [1.807, 2.05) is 45.0 Å². The number of amides is 1. The molecule has 1 aliphatic rings. The number of carboxylic acids is 1. The Balaban J connectivity index is 1.67. The van der Waals surface area contributed by atoms with Crippen molar-refractivity contribution >= 4 is 12.1 Å². The van der Waals surface area contributed by atoms with Crippen molar-refractivity contribution < 1.29 is 24.2 Å². The fraction of sp³-hybridized carbons (Fsp3) is 0.391. The van der Waals surface area contributed by atoms with Gasteiger partial charge in [0, 0.05) is 7.05 Å². The van der Waals surface area contributed by atoms with Gasteiger partial charge in [-0.25, -0.2) is 9.59 Å². The van der Waals surface area contributed by atoms with Gasteiger partial charge in [-0.15, -0.1) is 0 Å². The summed E-state index contributed by atoms with van der Waals surface area (Å²) >= 11 is 0. The highest BCUT2D eigenvalue weighted by Gasteiger charge is 2.30. The van der Waals surface area contributed by atoms with E-state index in [1.54, 1.807) is 0 Å². The lowest BCUT2D eigenvalue weighted by molar-refractivity contribution is -0.146. The minimum Gasteiger partial charge on any atom is -0.480 e. The molecule has 1 N–H and O–H groups in total. The summed E-state index contributed by atoms with van der Waals surface area (Å²) in [5, 5.41) is 9.47. The van der Waals surface area contributed by atoms with Gasteiger partial charge in [-0.05, 0) is 55.0 Å². The Bertz CT molecular complexity index is 916. The number of carboxylic acid groups (broad SMARTS) is 1. The molecule has 2 aromatic carbocycles. The maximum atomic E-state index is 12.5. The van der Waals surface area contributed by atoms with Crippen LogP contribution in [0, 0.1) is 0 Å². The third kappa shape index (κ3) is 4.77. The molecule has 1 atom stereocenters. The predicted molar refractivity (Wildman–Crippen MR) is 110 cm³/mol. The second-order valence-corrected chi connectivity index (χ2v) is 8.22. The van der Waals surface area contributed by atoms with Crippen LogP contribution in [-0.2, 0) is 27.3 Å². The van der Waals surface area contributed by atoms with E-state index >= 15 is 0 Å². The van der Waals surface area contributed by atoms with Gasteiger partial charge in [0.1, 0.15) is 6.61 Å². The fourth-order valence-corrected chi connectivity index (χ4v) is 3.40. The molecule has 0 fully saturated rings. The van der Waals surface area contributed by atoms with Crippen molar-refractivity contribution in [1.82, 2.24) is 4.90 Å². The molecule has 154 valence electrons. The van der Waals surface area contributed by atoms with Gasteiger partial charge in [0.2, 0.25) is 0 Å². The first-order valence-electron chi connectivity index (χ1n) is 9.63. The molecule has 0 aromatic heterocycles. The first kappa shape index (κ1) is 20.9. The van der Waals surface area contributed by atoms with E-state index in [1.165, 1.54) is 18.2 Å². The van der Waals surface area contributed by atoms with E-state index in [0.717, 1.165) is 28.0 Å². The summed E-state index contributed by atoms with van der Waals surface area (Å²) in [6.07, 6.45) is 0.106. The van der Waals surface area contributed by atoms with Crippen LogP contribution in [0.4, 0.5) is 4.79 Å². The Hall–Kier alpha value is -2.86. The maximum absolute atomic E-state index is 12.5. The number of benzene rings is 2. The highest BCUT2D eigenvalue weighted by Crippen LogP contribution is 2.38. The molecule has 6 nitrogen and oxygen atoms in total. The average molecular weight is 397 g/mol. The average Bonchev–Trinajstić information content (AvgIpc) is 3.04. The van der Waals surface area contributed by atoms with Crippen molar-refractivity contribution in [3.05, 3.63) is 59.2 Å². The van der Waals surface area contributed by atoms with Crippen LogP contribution in [-0.4, -0.2) is 47.4 Å². The van der Waals surface area contributed by atoms with Crippen LogP contribution in [0.2, 0.25) is 0 Å². The molecule has 0 bridgehead atoms. The van der Waals surface area contributed by atoms with Crippen molar-refractivity contribution in [2.45, 2.75) is 45.4 Å². The molecular weight excluding hydrogens is 370 g/mol. The second-order valence-electron chi connectivity index (χ2n) is 8.22. The standard InChI is InChI=1S/C23H27NO5/c1-23(2,3)29-14-20(21(25)26)24(4)22(27)28-13-16-9-7-11-18-17-10-6-5-8-15(17)12-19(16)18/h5-11,20H,12-14H2,1-4H3,(H,25,26). The zero-order valence-corrected chi connectivity index (χ0v) is 17.3. The van der Waals surface area contributed by atoms with Crippen molar-refractivity contribution in [3.63, 3.8) is 0 Å². The number of carbonyl (C=O) groups is 2. The van der Waals surface area contributed by atoms with Crippen LogP contribution in [0.3, 0.4) is 0 Å². The zero-order valence-electron chi connectivity index (χ0n) is 17.3. The SMILES string of the molecule is CN(C(=O)OCc1cccc2c1Cc1ccccc1-2)C(COC(C)(C)C)C(=O)O. The molecule has 3 rings (SSSR count). The molecule has 0 spiro atoms. The van der Waals surface area contributed by atoms with E-state index in [0.29, 0.717) is 0 Å². The van der Waals surface area contributed by atoms with Crippen LogP contribution >= 0.6 is 0 Å². The quantitative estimate of drug-likeness (QED) is 0.678. The number of ether oxygens (including phenoxy) is 2. The first-order chi connectivity index (χ1) is 13.7. The van der Waals surface area contributed by atoms with Crippen LogP contribution in [0.1, 0.15) is 37.5 Å². The number of aliphatic carboxylic acids is 1. The van der Waals surface area contributed by atoms with Crippen LogP contribution in [0.5, 0.6) is 0 Å². The molecule has 1 unspecified atom stereocenters. The predicted octanol–water partition coefficient (Wildman–Crippen LogP) is 4.09. The molecule has 0 saturated heterocycles. The Morgan fingerprint density at radius 1 is 1.10 bits per heavy atom. The molecule has 1 amide bonds. The van der Waals surface area contributed by atoms with Gasteiger partial charge in [0.15, 0.2) is 6.04 Å². The van der Waals surface area contributed by atoms with Crippen molar-refractivity contribution in [2.75, 3.05) is 13.7 Å². The van der Waals surface area contributed by atoms with Crippen LogP contribution in [0.15, 0.2) is 42.5 Å². The minimum absolute atomic E-state index is 0.0901. The summed E-state index contributed by atoms with van der Waals surface area (Å²) < 4.78 is 11.0. The summed E-state index contributed by atoms with van der Waals surface area (Å²) in [7, 11) is 1.42. The molecule has 0 radical (unpaired) electrons. The number of nitrogens with zero attached hydrogens (tertiary/aromatic N) is 1. The molecule has 29 heavy (non-hydrogen) atoms. The lowest BCUT2D eigenvalue weighted by atomic mass is 10.0. The van der Waals surface area contributed by atoms with Crippen LogP contribution in [0.25, 0.3) is 11.1 Å². The number of rotatable bonds is 6. The molecule has 2 aromatic rings. The third-order valence-electron chi connectivity index (χ3n) is 5.01. The third-order valence-corrected chi connectivity index (χ3v) is 5.01. The number of hydrogen-bond donors (Lipinski definition) is 1. The first-order valence-corrected chi connectivity index (χ1v) is 9.63. The van der Waals surface area contributed by atoms with E-state index in [2.05, 4.69) is 18.2 Å². The minimum atomic E-state index is -1.13. The lowest BCUT2D eigenvalue weighted by Gasteiger charge is -2.28. The summed E-state index contributed by atoms with van der Waals surface area (Å²) in [5.41, 5.74) is 5.19. The normalized spacial score (nSPS) is 13.4. The van der Waals surface area contributed by atoms with E-state index in [9.17, 15) is 14.7 Å². The Morgan fingerprint density at radius 3 is 2.48 bits per heavy atom. The summed E-state index contributed by atoms with van der Waals surface area (Å²) in [6, 6.07) is 13.1. The molecule has 1 aliphatic carbocycles. The lowest BCUT2D eigenvalue weighted by Crippen LogP contribution is -2.46. The van der Waals surface area contributed by atoms with Gasteiger partial charge in [0.25, 0.3) is 0 Å². The summed E-state index contributed by atoms with van der Waals surface area (Å²) in [6.45, 7) is 5.47. The molecule has 6 heteroatoms. The van der Waals surface area contributed by atoms with Gasteiger partial charge in [0.05, 0.1) is 12.2 Å². The highest BCUT2D eigenvalue weighted by atomic mass is 16.6. The number of carbonyl (C=O) groups excluding carboxylic acids is 1. The monoisotopic (exact) mass is 397 g/mol. The van der Waals surface area contributed by atoms with Gasteiger partial charge in [-0.2, -0.15) is 0 Å². The van der Waals surface area contributed by atoms with Crippen LogP contribution < -0.4 is 0 Å². The second kappa shape index (κ2) is 8.25. The number of likely N-dealkylation sites (N-methyl/N-ethyl adjacent to an activating group) is 1. The highest BCUT2D eigenvalue weighted by molar-refractivity contribution is 5.80. The largest absolute Gasteiger partial charge is 0.480 e. The summed E-state index contributed by atoms with van der Waals surface area (Å²) in [4.78, 5) is 25.2. The number of hydrogen-bond acceptors (Lipinski definition) is 4. The van der Waals surface area contributed by atoms with E-state index in [4.69, 9.17) is 9.47 Å². The topological polar surface area (TPSA) is 76.1 Å². The zero-order chi connectivity index (χ0) is 21.2. The molecule has 0 aliphatic heterocycles. The van der Waals surface area contributed by atoms with E-state index < -0.39 is 23.7 Å².